The highest BCUT2D eigenvalue weighted by atomic mass is 32.2. The van der Waals surface area contributed by atoms with Gasteiger partial charge in [-0.25, -0.2) is 0 Å². The quantitative estimate of drug-likeness (QED) is 0.881. The number of carbonyl (C=O) groups excluding carboxylic acids is 2. The van der Waals surface area contributed by atoms with Gasteiger partial charge in [0.1, 0.15) is 6.04 Å². The standard InChI is InChI=1S/C21H25N3O2S/c1-21(2,3)16-9-7-15(8-10-16)20(26)24-14-27-13-18(24)19(25)23-12-17-6-4-5-11-22-17/h4-11,18H,12-14H2,1-3H3,(H,23,25). The van der Waals surface area contributed by atoms with E-state index in [1.807, 2.05) is 42.5 Å². The van der Waals surface area contributed by atoms with Crippen molar-refractivity contribution in [3.8, 4) is 0 Å². The molecule has 0 bridgehead atoms. The first-order valence-electron chi connectivity index (χ1n) is 9.03. The predicted molar refractivity (Wildman–Crippen MR) is 109 cm³/mol. The van der Waals surface area contributed by atoms with Gasteiger partial charge in [0.25, 0.3) is 5.91 Å². The van der Waals surface area contributed by atoms with E-state index < -0.39 is 6.04 Å². The zero-order chi connectivity index (χ0) is 19.4. The van der Waals surface area contributed by atoms with Crippen LogP contribution < -0.4 is 5.32 Å². The van der Waals surface area contributed by atoms with E-state index in [0.717, 1.165) is 5.69 Å². The summed E-state index contributed by atoms with van der Waals surface area (Å²) in [5, 5.41) is 2.90. The van der Waals surface area contributed by atoms with Crippen LogP contribution in [0.1, 0.15) is 42.4 Å². The Labute approximate surface area is 164 Å². The Hall–Kier alpha value is -2.34. The monoisotopic (exact) mass is 383 g/mol. The third kappa shape index (κ3) is 4.69. The van der Waals surface area contributed by atoms with Crippen molar-refractivity contribution < 1.29 is 9.59 Å². The molecular weight excluding hydrogens is 358 g/mol. The number of carbonyl (C=O) groups is 2. The Morgan fingerprint density at radius 2 is 1.93 bits per heavy atom. The number of aromatic nitrogens is 1. The van der Waals surface area contributed by atoms with Crippen LogP contribution in [0.15, 0.2) is 48.7 Å². The van der Waals surface area contributed by atoms with Crippen molar-refractivity contribution in [2.75, 3.05) is 11.6 Å². The molecule has 1 fully saturated rings. The number of nitrogens with one attached hydrogen (secondary N) is 1. The van der Waals surface area contributed by atoms with Crippen molar-refractivity contribution in [1.29, 1.82) is 0 Å². The Balaban J connectivity index is 1.66. The maximum absolute atomic E-state index is 12.9. The first-order chi connectivity index (χ1) is 12.9. The van der Waals surface area contributed by atoms with Gasteiger partial charge in [-0.15, -0.1) is 11.8 Å². The van der Waals surface area contributed by atoms with Crippen molar-refractivity contribution >= 4 is 23.6 Å². The molecule has 5 nitrogen and oxygen atoms in total. The zero-order valence-electron chi connectivity index (χ0n) is 15.9. The van der Waals surface area contributed by atoms with Gasteiger partial charge in [-0.05, 0) is 35.2 Å². The topological polar surface area (TPSA) is 62.3 Å². The van der Waals surface area contributed by atoms with Crippen molar-refractivity contribution in [3.63, 3.8) is 0 Å². The molecule has 1 saturated heterocycles. The van der Waals surface area contributed by atoms with Gasteiger partial charge < -0.3 is 10.2 Å². The number of rotatable bonds is 4. The molecule has 1 aromatic heterocycles. The van der Waals surface area contributed by atoms with Crippen LogP contribution in [-0.4, -0.2) is 39.4 Å². The molecule has 1 aromatic carbocycles. The van der Waals surface area contributed by atoms with Gasteiger partial charge in [0.2, 0.25) is 5.91 Å². The van der Waals surface area contributed by atoms with E-state index in [1.165, 1.54) is 5.56 Å². The van der Waals surface area contributed by atoms with Crippen LogP contribution >= 0.6 is 11.8 Å². The second-order valence-corrected chi connectivity index (χ2v) is 8.66. The van der Waals surface area contributed by atoms with Crippen molar-refractivity contribution in [1.82, 2.24) is 15.2 Å². The van der Waals surface area contributed by atoms with Crippen molar-refractivity contribution in [2.45, 2.75) is 38.8 Å². The summed E-state index contributed by atoms with van der Waals surface area (Å²) in [5.41, 5.74) is 2.64. The van der Waals surface area contributed by atoms with Crippen LogP contribution in [0, 0.1) is 0 Å². The summed E-state index contributed by atoms with van der Waals surface area (Å²) in [7, 11) is 0. The smallest absolute Gasteiger partial charge is 0.255 e. The molecule has 1 aliphatic heterocycles. The molecule has 2 aromatic rings. The largest absolute Gasteiger partial charge is 0.349 e. The Morgan fingerprint density at radius 3 is 2.56 bits per heavy atom. The van der Waals surface area contributed by atoms with Crippen molar-refractivity contribution in [2.24, 2.45) is 0 Å². The first-order valence-corrected chi connectivity index (χ1v) is 10.2. The molecule has 1 N–H and O–H groups in total. The second kappa shape index (κ2) is 8.13. The van der Waals surface area contributed by atoms with Gasteiger partial charge in [-0.2, -0.15) is 0 Å². The summed E-state index contributed by atoms with van der Waals surface area (Å²) in [6, 6.07) is 12.8. The highest BCUT2D eigenvalue weighted by molar-refractivity contribution is 7.99. The summed E-state index contributed by atoms with van der Waals surface area (Å²) in [6.45, 7) is 6.79. The molecule has 6 heteroatoms. The predicted octanol–water partition coefficient (Wildman–Crippen LogP) is 3.21. The molecule has 3 rings (SSSR count). The number of amides is 2. The lowest BCUT2D eigenvalue weighted by Gasteiger charge is -2.24. The average Bonchev–Trinajstić information content (AvgIpc) is 3.15. The molecule has 142 valence electrons. The van der Waals surface area contributed by atoms with E-state index in [-0.39, 0.29) is 17.2 Å². The number of pyridine rings is 1. The SMILES string of the molecule is CC(C)(C)c1ccc(C(=O)N2CSCC2C(=O)NCc2ccccn2)cc1. The van der Waals surface area contributed by atoms with Gasteiger partial charge in [0, 0.05) is 17.5 Å². The zero-order valence-corrected chi connectivity index (χ0v) is 16.8. The lowest BCUT2D eigenvalue weighted by Crippen LogP contribution is -2.47. The van der Waals surface area contributed by atoms with E-state index in [0.29, 0.717) is 23.7 Å². The van der Waals surface area contributed by atoms with Gasteiger partial charge in [0.15, 0.2) is 0 Å². The Bertz CT molecular complexity index is 800. The number of nitrogens with zero attached hydrogens (tertiary/aromatic N) is 2. The third-order valence-corrected chi connectivity index (χ3v) is 5.63. The molecule has 1 aliphatic rings. The summed E-state index contributed by atoms with van der Waals surface area (Å²) < 4.78 is 0. The van der Waals surface area contributed by atoms with Gasteiger partial charge in [0.05, 0.1) is 18.1 Å². The lowest BCUT2D eigenvalue weighted by molar-refractivity contribution is -0.124. The minimum absolute atomic E-state index is 0.0406. The Morgan fingerprint density at radius 1 is 1.19 bits per heavy atom. The fourth-order valence-electron chi connectivity index (χ4n) is 2.94. The normalized spacial score (nSPS) is 17.0. The van der Waals surface area contributed by atoms with Crippen LogP contribution in [0.25, 0.3) is 0 Å². The molecule has 2 amide bonds. The van der Waals surface area contributed by atoms with E-state index in [4.69, 9.17) is 0 Å². The first kappa shape index (κ1) is 19.4. The van der Waals surface area contributed by atoms with E-state index in [9.17, 15) is 9.59 Å². The van der Waals surface area contributed by atoms with Crippen LogP contribution in [0.5, 0.6) is 0 Å². The molecule has 27 heavy (non-hydrogen) atoms. The molecule has 0 saturated carbocycles. The van der Waals surface area contributed by atoms with E-state index >= 15 is 0 Å². The molecule has 0 radical (unpaired) electrons. The highest BCUT2D eigenvalue weighted by Crippen LogP contribution is 2.26. The number of thioether (sulfide) groups is 1. The minimum Gasteiger partial charge on any atom is -0.349 e. The van der Waals surface area contributed by atoms with Gasteiger partial charge in [-0.1, -0.05) is 39.0 Å². The fraction of sp³-hybridized carbons (Fsp3) is 0.381. The van der Waals surface area contributed by atoms with Gasteiger partial charge in [-0.3, -0.25) is 14.6 Å². The van der Waals surface area contributed by atoms with Gasteiger partial charge >= 0.3 is 0 Å². The van der Waals surface area contributed by atoms with E-state index in [2.05, 4.69) is 31.1 Å². The number of hydrogen-bond donors (Lipinski definition) is 1. The van der Waals surface area contributed by atoms with Crippen LogP contribution in [0.2, 0.25) is 0 Å². The van der Waals surface area contributed by atoms with E-state index in [1.54, 1.807) is 22.9 Å². The molecule has 2 heterocycles. The van der Waals surface area contributed by atoms with Crippen molar-refractivity contribution in [3.05, 3.63) is 65.5 Å². The average molecular weight is 384 g/mol. The maximum atomic E-state index is 12.9. The van der Waals surface area contributed by atoms with Crippen LogP contribution in [0.3, 0.4) is 0 Å². The lowest BCUT2D eigenvalue weighted by atomic mass is 9.86. The Kier molecular flexibility index (Phi) is 5.85. The summed E-state index contributed by atoms with van der Waals surface area (Å²) in [4.78, 5) is 31.4. The minimum atomic E-state index is -0.450. The third-order valence-electron chi connectivity index (χ3n) is 4.61. The fourth-order valence-corrected chi connectivity index (χ4v) is 4.09. The number of hydrogen-bond acceptors (Lipinski definition) is 4. The van der Waals surface area contributed by atoms with Crippen LogP contribution in [0.4, 0.5) is 0 Å². The maximum Gasteiger partial charge on any atom is 0.255 e. The summed E-state index contributed by atoms with van der Waals surface area (Å²) in [5.74, 6) is 0.908. The highest BCUT2D eigenvalue weighted by Gasteiger charge is 2.35. The molecular formula is C21H25N3O2S. The molecule has 0 aliphatic carbocycles. The molecule has 1 atom stereocenters. The summed E-state index contributed by atoms with van der Waals surface area (Å²) >= 11 is 1.60. The second-order valence-electron chi connectivity index (χ2n) is 7.66. The summed E-state index contributed by atoms with van der Waals surface area (Å²) in [6.07, 6.45) is 1.70. The molecule has 0 spiro atoms. The number of benzene rings is 1. The van der Waals surface area contributed by atoms with Crippen LogP contribution in [-0.2, 0) is 16.8 Å². The molecule has 1 unspecified atom stereocenters.